The third-order valence-corrected chi connectivity index (χ3v) is 5.44. The summed E-state index contributed by atoms with van der Waals surface area (Å²) in [5, 5.41) is 3.59. The molecule has 1 heteroatoms. The van der Waals surface area contributed by atoms with Crippen LogP contribution in [0.15, 0.2) is 23.8 Å². The van der Waals surface area contributed by atoms with E-state index in [2.05, 4.69) is 37.5 Å². The second-order valence-electron chi connectivity index (χ2n) is 6.66. The third kappa shape index (κ3) is 4.48. The fourth-order valence-electron chi connectivity index (χ4n) is 4.17. The molecule has 0 aromatic heterocycles. The number of rotatable bonds is 6. The fourth-order valence-corrected chi connectivity index (χ4v) is 4.17. The summed E-state index contributed by atoms with van der Waals surface area (Å²) in [6.45, 7) is 2.39. The zero-order valence-corrected chi connectivity index (χ0v) is 13.5. The molecule has 0 aromatic carbocycles. The van der Waals surface area contributed by atoms with Crippen LogP contribution in [0.25, 0.3) is 0 Å². The van der Waals surface area contributed by atoms with Crippen molar-refractivity contribution in [3.63, 3.8) is 0 Å². The van der Waals surface area contributed by atoms with Crippen LogP contribution in [0.2, 0.25) is 0 Å². The fraction of sp³-hybridized carbons (Fsp3) is 0.789. The van der Waals surface area contributed by atoms with Crippen molar-refractivity contribution in [2.75, 3.05) is 7.05 Å². The molecule has 0 spiro atoms. The van der Waals surface area contributed by atoms with Crippen LogP contribution < -0.4 is 5.32 Å². The average molecular weight is 275 g/mol. The monoisotopic (exact) mass is 275 g/mol. The van der Waals surface area contributed by atoms with Gasteiger partial charge in [0.25, 0.3) is 0 Å². The van der Waals surface area contributed by atoms with Gasteiger partial charge in [-0.3, -0.25) is 0 Å². The van der Waals surface area contributed by atoms with Crippen molar-refractivity contribution in [1.82, 2.24) is 5.32 Å². The van der Waals surface area contributed by atoms with Crippen LogP contribution in [0.4, 0.5) is 0 Å². The number of nitrogens with one attached hydrogen (secondary N) is 1. The summed E-state index contributed by atoms with van der Waals surface area (Å²) in [5.41, 5.74) is 1.60. The van der Waals surface area contributed by atoms with E-state index < -0.39 is 0 Å². The molecular formula is C19H33N. The summed E-state index contributed by atoms with van der Waals surface area (Å²) in [7, 11) is 2.16. The van der Waals surface area contributed by atoms with Crippen LogP contribution in [-0.2, 0) is 0 Å². The highest BCUT2D eigenvalue weighted by Gasteiger charge is 2.29. The predicted molar refractivity (Wildman–Crippen MR) is 88.9 cm³/mol. The van der Waals surface area contributed by atoms with Crippen molar-refractivity contribution in [3.05, 3.63) is 23.8 Å². The van der Waals surface area contributed by atoms with Crippen LogP contribution in [0, 0.1) is 11.8 Å². The molecule has 1 fully saturated rings. The molecule has 0 aromatic rings. The smallest absolute Gasteiger partial charge is 0.00949 e. The molecular weight excluding hydrogens is 242 g/mol. The van der Waals surface area contributed by atoms with Crippen molar-refractivity contribution in [2.24, 2.45) is 11.8 Å². The Morgan fingerprint density at radius 2 is 2.05 bits per heavy atom. The highest BCUT2D eigenvalue weighted by molar-refractivity contribution is 5.20. The second-order valence-corrected chi connectivity index (χ2v) is 6.66. The van der Waals surface area contributed by atoms with E-state index in [1.807, 2.05) is 0 Å². The maximum absolute atomic E-state index is 3.59. The molecule has 0 saturated heterocycles. The Balaban J connectivity index is 1.89. The Kier molecular flexibility index (Phi) is 6.86. The van der Waals surface area contributed by atoms with E-state index in [1.165, 1.54) is 64.2 Å². The van der Waals surface area contributed by atoms with Crippen molar-refractivity contribution in [3.8, 4) is 0 Å². The van der Waals surface area contributed by atoms with Gasteiger partial charge in [-0.05, 0) is 63.8 Å². The molecule has 3 unspecified atom stereocenters. The van der Waals surface area contributed by atoms with Gasteiger partial charge >= 0.3 is 0 Å². The minimum absolute atomic E-state index is 0.771. The SMILES string of the molecule is CCC(CCC1=CCCCC=C1)C1CCCCC1NC. The first-order valence-corrected chi connectivity index (χ1v) is 8.88. The summed E-state index contributed by atoms with van der Waals surface area (Å²) < 4.78 is 0. The van der Waals surface area contributed by atoms with E-state index in [0.29, 0.717) is 0 Å². The lowest BCUT2D eigenvalue weighted by Gasteiger charge is -2.37. The van der Waals surface area contributed by atoms with Crippen LogP contribution in [0.1, 0.15) is 71.1 Å². The Hall–Kier alpha value is -0.560. The summed E-state index contributed by atoms with van der Waals surface area (Å²) >= 11 is 0. The Morgan fingerprint density at radius 3 is 2.85 bits per heavy atom. The topological polar surface area (TPSA) is 12.0 Å². The quantitative estimate of drug-likeness (QED) is 0.699. The second kappa shape index (κ2) is 8.67. The lowest BCUT2D eigenvalue weighted by molar-refractivity contribution is 0.179. The van der Waals surface area contributed by atoms with Gasteiger partial charge in [-0.15, -0.1) is 0 Å². The molecule has 1 N–H and O–H groups in total. The lowest BCUT2D eigenvalue weighted by Crippen LogP contribution is -2.40. The molecule has 20 heavy (non-hydrogen) atoms. The normalized spacial score (nSPS) is 28.8. The maximum Gasteiger partial charge on any atom is 0.00949 e. The number of allylic oxidation sites excluding steroid dienone is 4. The van der Waals surface area contributed by atoms with E-state index in [1.54, 1.807) is 5.57 Å². The Bertz CT molecular complexity index is 329. The van der Waals surface area contributed by atoms with Gasteiger partial charge < -0.3 is 5.32 Å². The standard InChI is InChI=1S/C19H33N/c1-3-17(18-12-8-9-13-19(18)20-2)15-14-16-10-6-4-5-7-11-16/h6,10-11,17-20H,3-5,7-9,12-15H2,1-2H3. The molecule has 114 valence electrons. The van der Waals surface area contributed by atoms with Crippen molar-refractivity contribution in [1.29, 1.82) is 0 Å². The molecule has 0 aliphatic heterocycles. The average Bonchev–Trinajstić information content (AvgIpc) is 2.77. The lowest BCUT2D eigenvalue weighted by atomic mass is 9.73. The molecule has 1 nitrogen and oxygen atoms in total. The van der Waals surface area contributed by atoms with Crippen molar-refractivity contribution < 1.29 is 0 Å². The molecule has 2 aliphatic carbocycles. The summed E-state index contributed by atoms with van der Waals surface area (Å²) in [4.78, 5) is 0. The first kappa shape index (κ1) is 15.8. The highest BCUT2D eigenvalue weighted by Crippen LogP contribution is 2.35. The van der Waals surface area contributed by atoms with Gasteiger partial charge in [0, 0.05) is 6.04 Å². The first-order chi connectivity index (χ1) is 9.85. The van der Waals surface area contributed by atoms with Gasteiger partial charge in [0.05, 0.1) is 0 Å². The molecule has 2 rings (SSSR count). The zero-order chi connectivity index (χ0) is 14.2. The predicted octanol–water partition coefficient (Wildman–Crippen LogP) is 5.24. The molecule has 0 bridgehead atoms. The van der Waals surface area contributed by atoms with Crippen LogP contribution >= 0.6 is 0 Å². The Morgan fingerprint density at radius 1 is 1.20 bits per heavy atom. The molecule has 3 atom stereocenters. The number of hydrogen-bond donors (Lipinski definition) is 1. The van der Waals surface area contributed by atoms with Gasteiger partial charge in [-0.2, -0.15) is 0 Å². The maximum atomic E-state index is 3.59. The van der Waals surface area contributed by atoms with E-state index in [9.17, 15) is 0 Å². The minimum atomic E-state index is 0.771. The van der Waals surface area contributed by atoms with E-state index in [0.717, 1.165) is 17.9 Å². The highest BCUT2D eigenvalue weighted by atomic mass is 14.9. The van der Waals surface area contributed by atoms with Crippen LogP contribution in [-0.4, -0.2) is 13.1 Å². The zero-order valence-electron chi connectivity index (χ0n) is 13.5. The first-order valence-electron chi connectivity index (χ1n) is 8.88. The van der Waals surface area contributed by atoms with E-state index in [-0.39, 0.29) is 0 Å². The molecule has 0 heterocycles. The number of hydrogen-bond acceptors (Lipinski definition) is 1. The molecule has 2 aliphatic rings. The molecule has 0 radical (unpaired) electrons. The van der Waals surface area contributed by atoms with Gasteiger partial charge in [-0.1, -0.05) is 50.0 Å². The summed E-state index contributed by atoms with van der Waals surface area (Å²) in [5.74, 6) is 1.82. The molecule has 0 amide bonds. The van der Waals surface area contributed by atoms with Crippen molar-refractivity contribution in [2.45, 2.75) is 77.2 Å². The molecule has 1 saturated carbocycles. The minimum Gasteiger partial charge on any atom is -0.317 e. The van der Waals surface area contributed by atoms with Gasteiger partial charge in [-0.25, -0.2) is 0 Å². The Labute approximate surface area is 125 Å². The van der Waals surface area contributed by atoms with Crippen LogP contribution in [0.3, 0.4) is 0 Å². The van der Waals surface area contributed by atoms with Crippen LogP contribution in [0.5, 0.6) is 0 Å². The van der Waals surface area contributed by atoms with Crippen molar-refractivity contribution >= 4 is 0 Å². The van der Waals surface area contributed by atoms with E-state index in [4.69, 9.17) is 0 Å². The largest absolute Gasteiger partial charge is 0.317 e. The third-order valence-electron chi connectivity index (χ3n) is 5.44. The van der Waals surface area contributed by atoms with Gasteiger partial charge in [0.15, 0.2) is 0 Å². The van der Waals surface area contributed by atoms with Gasteiger partial charge in [0.2, 0.25) is 0 Å². The van der Waals surface area contributed by atoms with Gasteiger partial charge in [0.1, 0.15) is 0 Å². The van der Waals surface area contributed by atoms with E-state index >= 15 is 0 Å². The summed E-state index contributed by atoms with van der Waals surface area (Å²) in [6.07, 6.45) is 20.8. The summed E-state index contributed by atoms with van der Waals surface area (Å²) in [6, 6.07) is 0.771.